The molecule has 0 saturated carbocycles. The topological polar surface area (TPSA) is 65.1 Å². The molecule has 0 radical (unpaired) electrons. The summed E-state index contributed by atoms with van der Waals surface area (Å²) in [5.41, 5.74) is 2.71. The van der Waals surface area contributed by atoms with Gasteiger partial charge in [0.2, 0.25) is 10.0 Å². The van der Waals surface area contributed by atoms with E-state index in [0.717, 1.165) is 22.4 Å². The van der Waals surface area contributed by atoms with Crippen LogP contribution in [0.2, 0.25) is 0 Å². The number of hydrogen-bond acceptors (Lipinski definition) is 5. The van der Waals surface area contributed by atoms with Gasteiger partial charge in [-0.05, 0) is 42.7 Å². The molecule has 0 aliphatic heterocycles. The van der Waals surface area contributed by atoms with Gasteiger partial charge in [0.05, 0.1) is 27.1 Å². The molecular weight excluding hydrogens is 378 g/mol. The molecule has 0 spiro atoms. The van der Waals surface area contributed by atoms with Crippen molar-refractivity contribution in [2.45, 2.75) is 33.4 Å². The summed E-state index contributed by atoms with van der Waals surface area (Å²) in [6, 6.07) is 11.1. The van der Waals surface area contributed by atoms with E-state index in [2.05, 4.69) is 0 Å². The van der Waals surface area contributed by atoms with E-state index in [1.54, 1.807) is 33.5 Å². The van der Waals surface area contributed by atoms with E-state index in [4.69, 9.17) is 14.2 Å². The van der Waals surface area contributed by atoms with Crippen LogP contribution in [0.3, 0.4) is 0 Å². The molecule has 2 aromatic rings. The van der Waals surface area contributed by atoms with Gasteiger partial charge in [0.1, 0.15) is 17.2 Å². The summed E-state index contributed by atoms with van der Waals surface area (Å²) in [6.07, 6.45) is 0.556. The third-order valence-electron chi connectivity index (χ3n) is 4.59. The quantitative estimate of drug-likeness (QED) is 0.600. The minimum Gasteiger partial charge on any atom is -0.497 e. The molecule has 0 atom stereocenters. The van der Waals surface area contributed by atoms with E-state index < -0.39 is 10.0 Å². The Morgan fingerprint density at radius 2 is 1.43 bits per heavy atom. The van der Waals surface area contributed by atoms with Gasteiger partial charge in [-0.2, -0.15) is 4.31 Å². The monoisotopic (exact) mass is 407 g/mol. The lowest BCUT2D eigenvalue weighted by Crippen LogP contribution is -2.32. The smallest absolute Gasteiger partial charge is 0.214 e. The molecule has 2 rings (SSSR count). The SMILES string of the molecule is CCCS(=O)(=O)N(Cc1ccc(OC)cc1C)Cc1ccc(OC)cc1OC. The second-order valence-electron chi connectivity index (χ2n) is 6.55. The summed E-state index contributed by atoms with van der Waals surface area (Å²) >= 11 is 0. The van der Waals surface area contributed by atoms with Crippen molar-refractivity contribution in [1.82, 2.24) is 4.31 Å². The zero-order chi connectivity index (χ0) is 20.7. The van der Waals surface area contributed by atoms with Crippen LogP contribution in [-0.2, 0) is 23.1 Å². The maximum Gasteiger partial charge on any atom is 0.214 e. The summed E-state index contributed by atoms with van der Waals surface area (Å²) in [5, 5.41) is 0. The van der Waals surface area contributed by atoms with Crippen LogP contribution in [-0.4, -0.2) is 39.8 Å². The van der Waals surface area contributed by atoms with Crippen LogP contribution in [0.25, 0.3) is 0 Å². The minimum absolute atomic E-state index is 0.0979. The lowest BCUT2D eigenvalue weighted by molar-refractivity contribution is 0.369. The lowest BCUT2D eigenvalue weighted by atomic mass is 10.1. The van der Waals surface area contributed by atoms with E-state index in [0.29, 0.717) is 17.9 Å². The van der Waals surface area contributed by atoms with Gasteiger partial charge in [0.15, 0.2) is 0 Å². The normalized spacial score (nSPS) is 11.5. The first-order valence-electron chi connectivity index (χ1n) is 9.16. The van der Waals surface area contributed by atoms with E-state index in [1.807, 2.05) is 38.1 Å². The van der Waals surface area contributed by atoms with Gasteiger partial charge in [-0.3, -0.25) is 0 Å². The number of nitrogens with zero attached hydrogens (tertiary/aromatic N) is 1. The molecule has 0 amide bonds. The molecule has 0 aromatic heterocycles. The van der Waals surface area contributed by atoms with E-state index >= 15 is 0 Å². The third-order valence-corrected chi connectivity index (χ3v) is 6.56. The van der Waals surface area contributed by atoms with Crippen molar-refractivity contribution in [2.75, 3.05) is 27.1 Å². The summed E-state index contributed by atoms with van der Waals surface area (Å²) in [4.78, 5) is 0. The second kappa shape index (κ2) is 9.80. The summed E-state index contributed by atoms with van der Waals surface area (Å²) in [6.45, 7) is 4.33. The fraction of sp³-hybridized carbons (Fsp3) is 0.429. The van der Waals surface area contributed by atoms with E-state index in [9.17, 15) is 8.42 Å². The van der Waals surface area contributed by atoms with Crippen molar-refractivity contribution in [1.29, 1.82) is 0 Å². The zero-order valence-corrected chi connectivity index (χ0v) is 18.0. The van der Waals surface area contributed by atoms with Crippen molar-refractivity contribution in [2.24, 2.45) is 0 Å². The Labute approximate surface area is 168 Å². The molecular formula is C21H29NO5S. The van der Waals surface area contributed by atoms with Gasteiger partial charge in [-0.1, -0.05) is 19.1 Å². The third kappa shape index (κ3) is 5.39. The highest BCUT2D eigenvalue weighted by atomic mass is 32.2. The Kier molecular flexibility index (Phi) is 7.71. The van der Waals surface area contributed by atoms with Crippen LogP contribution >= 0.6 is 0 Å². The fourth-order valence-corrected chi connectivity index (χ4v) is 4.42. The molecule has 0 N–H and O–H groups in total. The number of hydrogen-bond donors (Lipinski definition) is 0. The predicted molar refractivity (Wildman–Crippen MR) is 111 cm³/mol. The maximum absolute atomic E-state index is 12.9. The molecule has 0 unspecified atom stereocenters. The van der Waals surface area contributed by atoms with Gasteiger partial charge in [0.25, 0.3) is 0 Å². The zero-order valence-electron chi connectivity index (χ0n) is 17.2. The highest BCUT2D eigenvalue weighted by Crippen LogP contribution is 2.28. The molecule has 2 aromatic carbocycles. The van der Waals surface area contributed by atoms with Gasteiger partial charge in [0, 0.05) is 24.7 Å². The predicted octanol–water partition coefficient (Wildman–Crippen LogP) is 3.76. The fourth-order valence-electron chi connectivity index (χ4n) is 2.97. The summed E-state index contributed by atoms with van der Waals surface area (Å²) < 4.78 is 43.3. The molecule has 154 valence electrons. The molecule has 28 heavy (non-hydrogen) atoms. The van der Waals surface area contributed by atoms with Crippen LogP contribution in [0.5, 0.6) is 17.2 Å². The Morgan fingerprint density at radius 1 is 0.857 bits per heavy atom. The molecule has 0 saturated heterocycles. The Morgan fingerprint density at radius 3 is 1.96 bits per heavy atom. The summed E-state index contributed by atoms with van der Waals surface area (Å²) in [7, 11) is 1.34. The molecule has 0 bridgehead atoms. The lowest BCUT2D eigenvalue weighted by Gasteiger charge is -2.24. The van der Waals surface area contributed by atoms with Crippen molar-refractivity contribution in [3.05, 3.63) is 53.1 Å². The molecule has 6 nitrogen and oxygen atoms in total. The Balaban J connectivity index is 2.38. The standard InChI is InChI=1S/C21H29NO5S/c1-6-11-28(23,24)22(14-17-7-9-19(25-3)12-16(17)2)15-18-8-10-20(26-4)13-21(18)27-5/h7-10,12-13H,6,11,14-15H2,1-5H3. The second-order valence-corrected chi connectivity index (χ2v) is 8.64. The van der Waals surface area contributed by atoms with Crippen molar-refractivity contribution >= 4 is 10.0 Å². The van der Waals surface area contributed by atoms with Crippen LogP contribution in [0.4, 0.5) is 0 Å². The van der Waals surface area contributed by atoms with Crippen LogP contribution in [0, 0.1) is 6.92 Å². The summed E-state index contributed by atoms with van der Waals surface area (Å²) in [5.74, 6) is 2.11. The maximum atomic E-state index is 12.9. The molecule has 0 aliphatic rings. The molecule has 0 aliphatic carbocycles. The first kappa shape index (κ1) is 22.0. The largest absolute Gasteiger partial charge is 0.497 e. The van der Waals surface area contributed by atoms with E-state index in [1.165, 1.54) is 4.31 Å². The average Bonchev–Trinajstić information content (AvgIpc) is 2.68. The highest BCUT2D eigenvalue weighted by Gasteiger charge is 2.24. The highest BCUT2D eigenvalue weighted by molar-refractivity contribution is 7.89. The minimum atomic E-state index is -3.43. The van der Waals surface area contributed by atoms with Gasteiger partial charge in [-0.25, -0.2) is 8.42 Å². The number of methoxy groups -OCH3 is 3. The average molecular weight is 408 g/mol. The van der Waals surface area contributed by atoms with Gasteiger partial charge >= 0.3 is 0 Å². The molecule has 7 heteroatoms. The van der Waals surface area contributed by atoms with Gasteiger partial charge < -0.3 is 14.2 Å². The van der Waals surface area contributed by atoms with Crippen molar-refractivity contribution in [3.63, 3.8) is 0 Å². The number of rotatable bonds is 10. The molecule has 0 heterocycles. The number of sulfonamides is 1. The Bertz CT molecular complexity index is 896. The Hall–Kier alpha value is -2.25. The van der Waals surface area contributed by atoms with Gasteiger partial charge in [-0.15, -0.1) is 0 Å². The first-order valence-corrected chi connectivity index (χ1v) is 10.8. The van der Waals surface area contributed by atoms with Crippen LogP contribution in [0.1, 0.15) is 30.0 Å². The van der Waals surface area contributed by atoms with Crippen molar-refractivity contribution < 1.29 is 22.6 Å². The van der Waals surface area contributed by atoms with Crippen LogP contribution < -0.4 is 14.2 Å². The first-order chi connectivity index (χ1) is 13.3. The molecule has 0 fully saturated rings. The van der Waals surface area contributed by atoms with E-state index in [-0.39, 0.29) is 18.8 Å². The number of benzene rings is 2. The van der Waals surface area contributed by atoms with Crippen LogP contribution in [0.15, 0.2) is 36.4 Å². The number of aryl methyl sites for hydroxylation is 1. The number of ether oxygens (including phenoxy) is 3. The van der Waals surface area contributed by atoms with Crippen molar-refractivity contribution in [3.8, 4) is 17.2 Å².